The molecule has 2 heterocycles. The summed E-state index contributed by atoms with van der Waals surface area (Å²) in [5.74, 6) is 3.89. The maximum atomic E-state index is 11.4. The molecule has 2 rings (SSSR count). The van der Waals surface area contributed by atoms with Crippen molar-refractivity contribution in [3.8, 4) is 11.8 Å². The Hall–Kier alpha value is -2.81. The van der Waals surface area contributed by atoms with Crippen LogP contribution in [0.5, 0.6) is 0 Å². The van der Waals surface area contributed by atoms with Crippen LogP contribution in [0, 0.1) is 11.8 Å². The van der Waals surface area contributed by atoms with Gasteiger partial charge in [0.2, 0.25) is 0 Å². The van der Waals surface area contributed by atoms with Crippen molar-refractivity contribution in [1.82, 2.24) is 9.38 Å². The minimum Gasteiger partial charge on any atom is -0.465 e. The standard InChI is InChI=1S/C13H10N2O4/c1-18-12(16)4-3-10-8-14-11-7-9(13(17)19-2)5-6-15(10)11/h5-8H,1-2H3. The Balaban J connectivity index is 2.41. The van der Waals surface area contributed by atoms with Crippen molar-refractivity contribution in [2.75, 3.05) is 14.2 Å². The number of carbonyl (C=O) groups excluding carboxylic acids is 2. The molecular weight excluding hydrogens is 248 g/mol. The number of methoxy groups -OCH3 is 2. The van der Waals surface area contributed by atoms with Crippen LogP contribution < -0.4 is 0 Å². The van der Waals surface area contributed by atoms with Crippen LogP contribution in [0.25, 0.3) is 5.65 Å². The van der Waals surface area contributed by atoms with Crippen LogP contribution in [0.15, 0.2) is 24.5 Å². The maximum absolute atomic E-state index is 11.4. The Morgan fingerprint density at radius 3 is 2.79 bits per heavy atom. The van der Waals surface area contributed by atoms with Gasteiger partial charge in [-0.2, -0.15) is 0 Å². The van der Waals surface area contributed by atoms with E-state index in [1.54, 1.807) is 22.7 Å². The Bertz CT molecular complexity index is 706. The van der Waals surface area contributed by atoms with Gasteiger partial charge in [-0.1, -0.05) is 0 Å². The average Bonchev–Trinajstić information content (AvgIpc) is 2.86. The molecule has 0 amide bonds. The number of pyridine rings is 1. The summed E-state index contributed by atoms with van der Waals surface area (Å²) in [7, 11) is 2.57. The smallest absolute Gasteiger partial charge is 0.384 e. The number of carbonyl (C=O) groups is 2. The second kappa shape index (κ2) is 5.23. The van der Waals surface area contributed by atoms with Crippen LogP contribution in [0.1, 0.15) is 16.1 Å². The summed E-state index contributed by atoms with van der Waals surface area (Å²) in [5, 5.41) is 0. The van der Waals surface area contributed by atoms with E-state index < -0.39 is 11.9 Å². The average molecular weight is 258 g/mol. The number of fused-ring (bicyclic) bond motifs is 1. The van der Waals surface area contributed by atoms with Gasteiger partial charge in [0, 0.05) is 12.1 Å². The van der Waals surface area contributed by atoms with Crippen molar-refractivity contribution in [2.24, 2.45) is 0 Å². The van der Waals surface area contributed by atoms with E-state index in [9.17, 15) is 9.59 Å². The molecule has 19 heavy (non-hydrogen) atoms. The van der Waals surface area contributed by atoms with E-state index in [4.69, 9.17) is 0 Å². The first-order valence-corrected chi connectivity index (χ1v) is 5.31. The predicted molar refractivity (Wildman–Crippen MR) is 65.4 cm³/mol. The summed E-state index contributed by atoms with van der Waals surface area (Å²) in [5.41, 5.74) is 1.46. The van der Waals surface area contributed by atoms with Crippen molar-refractivity contribution in [3.05, 3.63) is 35.8 Å². The first-order chi connectivity index (χ1) is 9.15. The SMILES string of the molecule is COC(=O)C#Cc1cnc2cc(C(=O)OC)ccn12. The van der Waals surface area contributed by atoms with Crippen molar-refractivity contribution in [2.45, 2.75) is 0 Å². The van der Waals surface area contributed by atoms with Gasteiger partial charge < -0.3 is 9.47 Å². The summed E-state index contributed by atoms with van der Waals surface area (Å²) < 4.78 is 10.7. The lowest BCUT2D eigenvalue weighted by molar-refractivity contribution is -0.133. The third-order valence-electron chi connectivity index (χ3n) is 2.41. The predicted octanol–water partition coefficient (Wildman–Crippen LogP) is 0.645. The Morgan fingerprint density at radius 1 is 1.32 bits per heavy atom. The molecule has 0 atom stereocenters. The van der Waals surface area contributed by atoms with Crippen LogP contribution in [-0.4, -0.2) is 35.5 Å². The first kappa shape index (κ1) is 12.6. The minimum absolute atomic E-state index is 0.396. The van der Waals surface area contributed by atoms with Crippen LogP contribution in [0.3, 0.4) is 0 Å². The van der Waals surface area contributed by atoms with E-state index in [0.29, 0.717) is 16.9 Å². The molecule has 0 N–H and O–H groups in total. The molecule has 0 aliphatic rings. The summed E-state index contributed by atoms with van der Waals surface area (Å²) in [6, 6.07) is 3.17. The molecular formula is C13H10N2O4. The van der Waals surface area contributed by atoms with Gasteiger partial charge in [-0.3, -0.25) is 4.40 Å². The second-order valence-electron chi connectivity index (χ2n) is 3.52. The third-order valence-corrected chi connectivity index (χ3v) is 2.41. The summed E-state index contributed by atoms with van der Waals surface area (Å²) >= 11 is 0. The number of aromatic nitrogens is 2. The van der Waals surface area contributed by atoms with E-state index in [0.717, 1.165) is 0 Å². The molecule has 6 heteroatoms. The van der Waals surface area contributed by atoms with E-state index in [1.165, 1.54) is 20.4 Å². The summed E-state index contributed by atoms with van der Waals surface area (Å²) in [6.07, 6.45) is 3.14. The number of hydrogen-bond acceptors (Lipinski definition) is 5. The van der Waals surface area contributed by atoms with Gasteiger partial charge >= 0.3 is 11.9 Å². The first-order valence-electron chi connectivity index (χ1n) is 5.31. The number of hydrogen-bond donors (Lipinski definition) is 0. The highest BCUT2D eigenvalue weighted by Crippen LogP contribution is 2.09. The molecule has 96 valence electrons. The molecule has 0 radical (unpaired) electrons. The maximum Gasteiger partial charge on any atom is 0.384 e. The topological polar surface area (TPSA) is 69.9 Å². The molecule has 2 aromatic rings. The molecule has 0 saturated heterocycles. The highest BCUT2D eigenvalue weighted by atomic mass is 16.5. The minimum atomic E-state index is -0.624. The zero-order valence-electron chi connectivity index (χ0n) is 10.3. The fourth-order valence-electron chi connectivity index (χ4n) is 1.48. The zero-order chi connectivity index (χ0) is 13.8. The molecule has 0 bridgehead atoms. The molecule has 0 saturated carbocycles. The van der Waals surface area contributed by atoms with Crippen LogP contribution in [0.4, 0.5) is 0 Å². The van der Waals surface area contributed by atoms with Gasteiger partial charge in [-0.05, 0) is 18.1 Å². The monoisotopic (exact) mass is 258 g/mol. The van der Waals surface area contributed by atoms with Crippen LogP contribution in [-0.2, 0) is 14.3 Å². The van der Waals surface area contributed by atoms with Crippen molar-refractivity contribution >= 4 is 17.6 Å². The van der Waals surface area contributed by atoms with Crippen LogP contribution in [0.2, 0.25) is 0 Å². The molecule has 0 spiro atoms. The zero-order valence-corrected chi connectivity index (χ0v) is 10.3. The van der Waals surface area contributed by atoms with E-state index in [1.807, 2.05) is 0 Å². The lowest BCUT2D eigenvalue weighted by atomic mass is 10.2. The van der Waals surface area contributed by atoms with Gasteiger partial charge in [0.25, 0.3) is 0 Å². The molecule has 0 aliphatic heterocycles. The van der Waals surface area contributed by atoms with E-state index >= 15 is 0 Å². The van der Waals surface area contributed by atoms with Crippen molar-refractivity contribution in [1.29, 1.82) is 0 Å². The lowest BCUT2D eigenvalue weighted by Gasteiger charge is -2.00. The third kappa shape index (κ3) is 2.55. The summed E-state index contributed by atoms with van der Waals surface area (Å²) in [6.45, 7) is 0. The molecule has 0 aliphatic carbocycles. The normalized spacial score (nSPS) is 9.58. The lowest BCUT2D eigenvalue weighted by Crippen LogP contribution is -2.02. The van der Waals surface area contributed by atoms with Crippen molar-refractivity contribution in [3.63, 3.8) is 0 Å². The number of imidazole rings is 1. The molecule has 0 aromatic carbocycles. The Labute approximate surface area is 109 Å². The molecule has 0 unspecified atom stereocenters. The largest absolute Gasteiger partial charge is 0.465 e. The highest BCUT2D eigenvalue weighted by molar-refractivity contribution is 5.90. The van der Waals surface area contributed by atoms with Gasteiger partial charge in [0.05, 0.1) is 26.0 Å². The van der Waals surface area contributed by atoms with Gasteiger partial charge in [-0.15, -0.1) is 0 Å². The fourth-order valence-corrected chi connectivity index (χ4v) is 1.48. The fraction of sp³-hybridized carbons (Fsp3) is 0.154. The van der Waals surface area contributed by atoms with E-state index in [-0.39, 0.29) is 0 Å². The molecule has 0 fully saturated rings. The molecule has 2 aromatic heterocycles. The number of rotatable bonds is 1. The number of esters is 2. The molecule has 6 nitrogen and oxygen atoms in total. The van der Waals surface area contributed by atoms with Crippen LogP contribution >= 0.6 is 0 Å². The van der Waals surface area contributed by atoms with Crippen molar-refractivity contribution < 1.29 is 19.1 Å². The number of nitrogens with zero attached hydrogens (tertiary/aromatic N) is 2. The Kier molecular flexibility index (Phi) is 3.48. The van der Waals surface area contributed by atoms with E-state index in [2.05, 4.69) is 26.3 Å². The Morgan fingerprint density at radius 2 is 2.11 bits per heavy atom. The van der Waals surface area contributed by atoms with Gasteiger partial charge in [0.15, 0.2) is 0 Å². The van der Waals surface area contributed by atoms with Gasteiger partial charge in [0.1, 0.15) is 11.3 Å². The summed E-state index contributed by atoms with van der Waals surface area (Å²) in [4.78, 5) is 26.4. The number of ether oxygens (including phenoxy) is 2. The highest BCUT2D eigenvalue weighted by Gasteiger charge is 2.08. The van der Waals surface area contributed by atoms with Gasteiger partial charge in [-0.25, -0.2) is 14.6 Å². The quantitative estimate of drug-likeness (QED) is 0.554. The second-order valence-corrected chi connectivity index (χ2v) is 3.52.